The Hall–Kier alpha value is -1.59. The molecule has 0 aliphatic heterocycles. The van der Waals surface area contributed by atoms with E-state index in [1.807, 2.05) is 13.0 Å². The predicted octanol–water partition coefficient (Wildman–Crippen LogP) is 6.22. The second-order valence-corrected chi connectivity index (χ2v) is 7.36. The molecule has 0 atom stereocenters. The number of amides is 1. The standard InChI is InChI=1S/C17H11Cl3N2OS/c1-9-6-15-14(8-12(9)19)21-17(24-15)22-16(23)5-3-10-2-4-11(18)7-13(10)20/h2-8H,1H3,(H,21,22,23)/b5-3+. The number of thiazole rings is 1. The van der Waals surface area contributed by atoms with Crippen LogP contribution in [-0.2, 0) is 4.79 Å². The van der Waals surface area contributed by atoms with E-state index < -0.39 is 0 Å². The minimum absolute atomic E-state index is 0.289. The number of rotatable bonds is 3. The van der Waals surface area contributed by atoms with E-state index in [9.17, 15) is 4.79 Å². The molecule has 0 saturated heterocycles. The molecule has 122 valence electrons. The van der Waals surface area contributed by atoms with Crippen molar-refractivity contribution in [3.63, 3.8) is 0 Å². The Labute approximate surface area is 157 Å². The topological polar surface area (TPSA) is 42.0 Å². The molecule has 1 aromatic heterocycles. The van der Waals surface area contributed by atoms with Gasteiger partial charge in [0.2, 0.25) is 5.91 Å². The van der Waals surface area contributed by atoms with E-state index in [0.29, 0.717) is 25.8 Å². The summed E-state index contributed by atoms with van der Waals surface area (Å²) >= 11 is 19.4. The molecule has 2 aromatic carbocycles. The van der Waals surface area contributed by atoms with Crippen LogP contribution >= 0.6 is 46.1 Å². The lowest BCUT2D eigenvalue weighted by molar-refractivity contribution is -0.111. The SMILES string of the molecule is Cc1cc2sc(NC(=O)/C=C/c3ccc(Cl)cc3Cl)nc2cc1Cl. The lowest BCUT2D eigenvalue weighted by atomic mass is 10.2. The van der Waals surface area contributed by atoms with Gasteiger partial charge in [0.15, 0.2) is 5.13 Å². The number of carbonyl (C=O) groups is 1. The van der Waals surface area contributed by atoms with Crippen LogP contribution in [0.1, 0.15) is 11.1 Å². The van der Waals surface area contributed by atoms with Crippen molar-refractivity contribution in [2.75, 3.05) is 5.32 Å². The highest BCUT2D eigenvalue weighted by Crippen LogP contribution is 2.30. The van der Waals surface area contributed by atoms with Gasteiger partial charge in [0.05, 0.1) is 10.2 Å². The van der Waals surface area contributed by atoms with Gasteiger partial charge in [-0.3, -0.25) is 10.1 Å². The van der Waals surface area contributed by atoms with E-state index in [1.54, 1.807) is 30.3 Å². The highest BCUT2D eigenvalue weighted by Gasteiger charge is 2.08. The molecule has 0 saturated carbocycles. The van der Waals surface area contributed by atoms with Crippen LogP contribution in [-0.4, -0.2) is 10.9 Å². The molecule has 3 rings (SSSR count). The smallest absolute Gasteiger partial charge is 0.250 e. The summed E-state index contributed by atoms with van der Waals surface area (Å²) in [5.74, 6) is -0.289. The van der Waals surface area contributed by atoms with Crippen molar-refractivity contribution in [2.24, 2.45) is 0 Å². The minimum atomic E-state index is -0.289. The molecule has 1 amide bonds. The summed E-state index contributed by atoms with van der Waals surface area (Å²) < 4.78 is 0.969. The van der Waals surface area contributed by atoms with Crippen LogP contribution in [0.5, 0.6) is 0 Å². The zero-order valence-electron chi connectivity index (χ0n) is 12.4. The second kappa shape index (κ2) is 7.11. The van der Waals surface area contributed by atoms with Crippen molar-refractivity contribution in [1.82, 2.24) is 4.98 Å². The normalized spacial score (nSPS) is 11.3. The lowest BCUT2D eigenvalue weighted by Gasteiger charge is -1.99. The molecule has 0 fully saturated rings. The molecule has 0 spiro atoms. The summed E-state index contributed by atoms with van der Waals surface area (Å²) in [6.45, 7) is 1.93. The van der Waals surface area contributed by atoms with Crippen LogP contribution in [0.15, 0.2) is 36.4 Å². The van der Waals surface area contributed by atoms with Gasteiger partial charge in [0, 0.05) is 21.1 Å². The summed E-state index contributed by atoms with van der Waals surface area (Å²) in [5, 5.41) is 4.94. The van der Waals surface area contributed by atoms with Crippen molar-refractivity contribution < 1.29 is 4.79 Å². The Morgan fingerprint density at radius 2 is 1.96 bits per heavy atom. The Kier molecular flexibility index (Phi) is 5.11. The summed E-state index contributed by atoms with van der Waals surface area (Å²) in [6.07, 6.45) is 3.03. The third-order valence-electron chi connectivity index (χ3n) is 3.28. The van der Waals surface area contributed by atoms with E-state index in [1.165, 1.54) is 17.4 Å². The molecule has 24 heavy (non-hydrogen) atoms. The summed E-state index contributed by atoms with van der Waals surface area (Å²) in [7, 11) is 0. The molecule has 1 N–H and O–H groups in total. The van der Waals surface area contributed by atoms with Gasteiger partial charge < -0.3 is 0 Å². The number of fused-ring (bicyclic) bond motifs is 1. The quantitative estimate of drug-likeness (QED) is 0.533. The summed E-state index contributed by atoms with van der Waals surface area (Å²) in [5.41, 5.74) is 2.45. The van der Waals surface area contributed by atoms with Crippen LogP contribution in [0.3, 0.4) is 0 Å². The van der Waals surface area contributed by atoms with Gasteiger partial charge in [-0.15, -0.1) is 0 Å². The van der Waals surface area contributed by atoms with Crippen molar-refractivity contribution in [1.29, 1.82) is 0 Å². The van der Waals surface area contributed by atoms with Gasteiger partial charge in [-0.1, -0.05) is 52.2 Å². The maximum absolute atomic E-state index is 12.0. The highest BCUT2D eigenvalue weighted by atomic mass is 35.5. The number of hydrogen-bond donors (Lipinski definition) is 1. The zero-order chi connectivity index (χ0) is 17.3. The van der Waals surface area contributed by atoms with Crippen LogP contribution in [0.4, 0.5) is 5.13 Å². The highest BCUT2D eigenvalue weighted by molar-refractivity contribution is 7.22. The molecular weight excluding hydrogens is 387 g/mol. The number of nitrogens with one attached hydrogen (secondary N) is 1. The molecule has 0 radical (unpaired) electrons. The minimum Gasteiger partial charge on any atom is -0.298 e. The van der Waals surface area contributed by atoms with Gasteiger partial charge >= 0.3 is 0 Å². The maximum Gasteiger partial charge on any atom is 0.250 e. The van der Waals surface area contributed by atoms with Crippen LogP contribution in [0.2, 0.25) is 15.1 Å². The fourth-order valence-corrected chi connectivity index (χ4v) is 3.63. The number of hydrogen-bond acceptors (Lipinski definition) is 3. The molecule has 3 aromatic rings. The maximum atomic E-state index is 12.0. The molecule has 0 unspecified atom stereocenters. The van der Waals surface area contributed by atoms with Crippen molar-refractivity contribution in [3.05, 3.63) is 62.6 Å². The molecule has 7 heteroatoms. The average Bonchev–Trinajstić information content (AvgIpc) is 2.88. The number of aryl methyl sites for hydroxylation is 1. The first-order valence-electron chi connectivity index (χ1n) is 6.93. The average molecular weight is 398 g/mol. The van der Waals surface area contributed by atoms with Crippen LogP contribution < -0.4 is 5.32 Å². The largest absolute Gasteiger partial charge is 0.298 e. The fourth-order valence-electron chi connectivity index (χ4n) is 2.05. The predicted molar refractivity (Wildman–Crippen MR) is 103 cm³/mol. The lowest BCUT2D eigenvalue weighted by Crippen LogP contribution is -2.07. The first-order chi connectivity index (χ1) is 11.4. The van der Waals surface area contributed by atoms with E-state index in [0.717, 1.165) is 15.8 Å². The Morgan fingerprint density at radius 1 is 1.17 bits per heavy atom. The van der Waals surface area contributed by atoms with Gasteiger partial charge in [-0.25, -0.2) is 4.98 Å². The van der Waals surface area contributed by atoms with Gasteiger partial charge in [-0.05, 0) is 48.4 Å². The number of nitrogens with zero attached hydrogens (tertiary/aromatic N) is 1. The molecule has 0 bridgehead atoms. The number of aromatic nitrogens is 1. The first kappa shape index (κ1) is 17.2. The van der Waals surface area contributed by atoms with E-state index in [2.05, 4.69) is 10.3 Å². The van der Waals surface area contributed by atoms with Crippen LogP contribution in [0.25, 0.3) is 16.3 Å². The Balaban J connectivity index is 1.76. The first-order valence-corrected chi connectivity index (χ1v) is 8.88. The molecule has 0 aliphatic carbocycles. The van der Waals surface area contributed by atoms with Gasteiger partial charge in [0.25, 0.3) is 0 Å². The monoisotopic (exact) mass is 396 g/mol. The van der Waals surface area contributed by atoms with Gasteiger partial charge in [0.1, 0.15) is 0 Å². The molecule has 0 aliphatic rings. The second-order valence-electron chi connectivity index (χ2n) is 5.08. The van der Waals surface area contributed by atoms with Crippen molar-refractivity contribution >= 4 is 73.5 Å². The Bertz CT molecular complexity index is 927. The fraction of sp³-hybridized carbons (Fsp3) is 0.0588. The van der Waals surface area contributed by atoms with E-state index in [4.69, 9.17) is 34.8 Å². The van der Waals surface area contributed by atoms with E-state index >= 15 is 0 Å². The third kappa shape index (κ3) is 3.90. The Morgan fingerprint density at radius 3 is 2.71 bits per heavy atom. The number of benzene rings is 2. The number of carbonyl (C=O) groups excluding carboxylic acids is 1. The molecule has 1 heterocycles. The van der Waals surface area contributed by atoms with Gasteiger partial charge in [-0.2, -0.15) is 0 Å². The zero-order valence-corrected chi connectivity index (χ0v) is 15.5. The third-order valence-corrected chi connectivity index (χ3v) is 5.18. The van der Waals surface area contributed by atoms with Crippen molar-refractivity contribution in [3.8, 4) is 0 Å². The summed E-state index contributed by atoms with van der Waals surface area (Å²) in [6, 6.07) is 8.83. The summed E-state index contributed by atoms with van der Waals surface area (Å²) in [4.78, 5) is 16.4. The molecular formula is C17H11Cl3N2OS. The number of anilines is 1. The number of halogens is 3. The molecule has 3 nitrogen and oxygen atoms in total. The van der Waals surface area contributed by atoms with E-state index in [-0.39, 0.29) is 5.91 Å². The van der Waals surface area contributed by atoms with Crippen molar-refractivity contribution in [2.45, 2.75) is 6.92 Å². The van der Waals surface area contributed by atoms with Crippen LogP contribution in [0, 0.1) is 6.92 Å².